The first kappa shape index (κ1) is 17.5. The lowest BCUT2D eigenvalue weighted by atomic mass is 10.1. The molecular formula is C22H21N3O4. The molecule has 2 aromatic carbocycles. The van der Waals surface area contributed by atoms with E-state index in [2.05, 4.69) is 0 Å². The fourth-order valence-electron chi connectivity index (χ4n) is 3.67. The van der Waals surface area contributed by atoms with E-state index >= 15 is 0 Å². The second-order valence-corrected chi connectivity index (χ2v) is 7.15. The summed E-state index contributed by atoms with van der Waals surface area (Å²) in [7, 11) is 3.17. The van der Waals surface area contributed by atoms with Gasteiger partial charge in [0.05, 0.1) is 30.8 Å². The number of nitrogen functional groups attached to an aromatic ring is 1. The molecule has 0 aliphatic heterocycles. The van der Waals surface area contributed by atoms with Crippen LogP contribution in [0, 0.1) is 0 Å². The number of hydrogen-bond acceptors (Lipinski definition) is 6. The average molecular weight is 391 g/mol. The standard InChI is InChI=1S/C22H21N3O4/c1-27-16-9-8-13(10-18(16)28-2)29-17-5-3-4-14-20(23)19-15(24-21(14)17)11-25(22(19)26)12-6-7-12/h3-5,8-12,26H,6-7,23H2,1-2H3. The van der Waals surface area contributed by atoms with Crippen LogP contribution in [0.2, 0.25) is 0 Å². The van der Waals surface area contributed by atoms with E-state index in [0.29, 0.717) is 51.1 Å². The smallest absolute Gasteiger partial charge is 0.203 e. The molecular weight excluding hydrogens is 370 g/mol. The maximum Gasteiger partial charge on any atom is 0.203 e. The summed E-state index contributed by atoms with van der Waals surface area (Å²) in [5.41, 5.74) is 8.22. The average Bonchev–Trinajstić information content (AvgIpc) is 3.52. The highest BCUT2D eigenvalue weighted by Gasteiger charge is 2.28. The zero-order valence-electron chi connectivity index (χ0n) is 16.2. The van der Waals surface area contributed by atoms with Crippen LogP contribution in [0.5, 0.6) is 28.9 Å². The van der Waals surface area contributed by atoms with Crippen LogP contribution in [-0.2, 0) is 0 Å². The highest BCUT2D eigenvalue weighted by atomic mass is 16.5. The van der Waals surface area contributed by atoms with E-state index < -0.39 is 0 Å². The Morgan fingerprint density at radius 3 is 2.59 bits per heavy atom. The van der Waals surface area contributed by atoms with E-state index in [1.165, 1.54) is 0 Å². The van der Waals surface area contributed by atoms with Gasteiger partial charge in [-0.05, 0) is 31.0 Å². The first-order valence-electron chi connectivity index (χ1n) is 9.42. The molecule has 2 heterocycles. The van der Waals surface area contributed by atoms with Gasteiger partial charge in [0.2, 0.25) is 5.88 Å². The van der Waals surface area contributed by atoms with E-state index in [-0.39, 0.29) is 5.88 Å². The van der Waals surface area contributed by atoms with Crippen molar-refractivity contribution in [2.45, 2.75) is 18.9 Å². The summed E-state index contributed by atoms with van der Waals surface area (Å²) in [6, 6.07) is 11.3. The fraction of sp³-hybridized carbons (Fsp3) is 0.227. The van der Waals surface area contributed by atoms with Gasteiger partial charge in [0, 0.05) is 23.7 Å². The number of anilines is 1. The van der Waals surface area contributed by atoms with Crippen LogP contribution in [0.25, 0.3) is 21.8 Å². The number of pyridine rings is 1. The van der Waals surface area contributed by atoms with Crippen molar-refractivity contribution >= 4 is 27.5 Å². The van der Waals surface area contributed by atoms with Gasteiger partial charge in [-0.1, -0.05) is 12.1 Å². The van der Waals surface area contributed by atoms with Gasteiger partial charge in [-0.15, -0.1) is 0 Å². The predicted molar refractivity (Wildman–Crippen MR) is 111 cm³/mol. The third-order valence-electron chi connectivity index (χ3n) is 5.30. The molecule has 7 heteroatoms. The Bertz CT molecular complexity index is 1240. The van der Waals surface area contributed by atoms with Gasteiger partial charge in [-0.25, -0.2) is 4.98 Å². The van der Waals surface area contributed by atoms with E-state index in [9.17, 15) is 5.11 Å². The van der Waals surface area contributed by atoms with Crippen LogP contribution in [-0.4, -0.2) is 28.9 Å². The van der Waals surface area contributed by atoms with Crippen molar-refractivity contribution < 1.29 is 19.3 Å². The van der Waals surface area contributed by atoms with Gasteiger partial charge in [0.15, 0.2) is 17.2 Å². The summed E-state index contributed by atoms with van der Waals surface area (Å²) in [5, 5.41) is 12.0. The number of aromatic hydroxyl groups is 1. The molecule has 0 atom stereocenters. The van der Waals surface area contributed by atoms with Crippen LogP contribution >= 0.6 is 0 Å². The summed E-state index contributed by atoms with van der Waals surface area (Å²) in [4.78, 5) is 4.76. The number of aromatic nitrogens is 2. The molecule has 5 rings (SSSR count). The molecule has 1 saturated carbocycles. The third-order valence-corrected chi connectivity index (χ3v) is 5.30. The number of rotatable bonds is 5. The molecule has 0 amide bonds. The van der Waals surface area contributed by atoms with Crippen LogP contribution in [0.1, 0.15) is 18.9 Å². The quantitative estimate of drug-likeness (QED) is 0.516. The summed E-state index contributed by atoms with van der Waals surface area (Å²) in [6.07, 6.45) is 3.98. The number of benzene rings is 2. The molecule has 4 aromatic rings. The summed E-state index contributed by atoms with van der Waals surface area (Å²) < 4.78 is 18.6. The minimum absolute atomic E-state index is 0.181. The number of nitrogens with zero attached hydrogens (tertiary/aromatic N) is 2. The van der Waals surface area contributed by atoms with Crippen LogP contribution < -0.4 is 19.9 Å². The Balaban J connectivity index is 1.64. The number of ether oxygens (including phenoxy) is 3. The molecule has 0 radical (unpaired) electrons. The second-order valence-electron chi connectivity index (χ2n) is 7.15. The van der Waals surface area contributed by atoms with Gasteiger partial charge in [0.25, 0.3) is 0 Å². The highest BCUT2D eigenvalue weighted by Crippen LogP contribution is 2.45. The first-order valence-corrected chi connectivity index (χ1v) is 9.42. The second kappa shape index (κ2) is 6.48. The minimum atomic E-state index is 0.181. The topological polar surface area (TPSA) is 91.8 Å². The zero-order chi connectivity index (χ0) is 20.1. The van der Waals surface area contributed by atoms with Crippen molar-refractivity contribution in [3.63, 3.8) is 0 Å². The number of nitrogens with two attached hydrogens (primary N) is 1. The SMILES string of the molecule is COc1ccc(Oc2cccc3c(N)c4c(O)n(C5CC5)cc4nc23)cc1OC. The lowest BCUT2D eigenvalue weighted by Gasteiger charge is -2.12. The van der Waals surface area contributed by atoms with E-state index in [1.54, 1.807) is 32.4 Å². The highest BCUT2D eigenvalue weighted by molar-refractivity contribution is 6.10. The predicted octanol–water partition coefficient (Wildman–Crippen LogP) is 4.62. The Kier molecular flexibility index (Phi) is 3.91. The molecule has 3 N–H and O–H groups in total. The van der Waals surface area contributed by atoms with Gasteiger partial charge in [0.1, 0.15) is 11.3 Å². The molecule has 1 fully saturated rings. The normalized spacial score (nSPS) is 13.7. The maximum atomic E-state index is 10.6. The molecule has 7 nitrogen and oxygen atoms in total. The molecule has 0 unspecified atom stereocenters. The zero-order valence-corrected chi connectivity index (χ0v) is 16.2. The van der Waals surface area contributed by atoms with Crippen molar-refractivity contribution in [1.29, 1.82) is 0 Å². The Labute approximate surface area is 167 Å². The maximum absolute atomic E-state index is 10.6. The Morgan fingerprint density at radius 2 is 1.86 bits per heavy atom. The Hall–Kier alpha value is -3.61. The van der Waals surface area contributed by atoms with Crippen molar-refractivity contribution in [2.75, 3.05) is 20.0 Å². The van der Waals surface area contributed by atoms with Crippen LogP contribution in [0.3, 0.4) is 0 Å². The minimum Gasteiger partial charge on any atom is -0.494 e. The van der Waals surface area contributed by atoms with Gasteiger partial charge in [-0.2, -0.15) is 0 Å². The monoisotopic (exact) mass is 391 g/mol. The summed E-state index contributed by atoms with van der Waals surface area (Å²) >= 11 is 0. The van der Waals surface area contributed by atoms with Crippen molar-refractivity contribution in [2.24, 2.45) is 0 Å². The number of methoxy groups -OCH3 is 2. The summed E-state index contributed by atoms with van der Waals surface area (Å²) in [5.74, 6) is 2.54. The lowest BCUT2D eigenvalue weighted by molar-refractivity contribution is 0.352. The molecule has 1 aliphatic rings. The molecule has 29 heavy (non-hydrogen) atoms. The van der Waals surface area contributed by atoms with Crippen LogP contribution in [0.15, 0.2) is 42.6 Å². The van der Waals surface area contributed by atoms with Crippen molar-refractivity contribution in [3.8, 4) is 28.9 Å². The van der Waals surface area contributed by atoms with Gasteiger partial charge >= 0.3 is 0 Å². The number of fused-ring (bicyclic) bond motifs is 2. The number of hydrogen-bond donors (Lipinski definition) is 2. The lowest BCUT2D eigenvalue weighted by Crippen LogP contribution is -1.95. The molecule has 1 aliphatic carbocycles. The van der Waals surface area contributed by atoms with Crippen LogP contribution in [0.4, 0.5) is 5.69 Å². The van der Waals surface area contributed by atoms with Gasteiger partial charge in [-0.3, -0.25) is 0 Å². The number of para-hydroxylation sites is 1. The molecule has 148 valence electrons. The van der Waals surface area contributed by atoms with E-state index in [1.807, 2.05) is 29.0 Å². The largest absolute Gasteiger partial charge is 0.494 e. The molecule has 0 bridgehead atoms. The molecule has 0 saturated heterocycles. The van der Waals surface area contributed by atoms with E-state index in [4.69, 9.17) is 24.9 Å². The molecule has 2 aromatic heterocycles. The van der Waals surface area contributed by atoms with Crippen molar-refractivity contribution in [1.82, 2.24) is 9.55 Å². The van der Waals surface area contributed by atoms with E-state index in [0.717, 1.165) is 18.2 Å². The Morgan fingerprint density at radius 1 is 1.07 bits per heavy atom. The van der Waals surface area contributed by atoms with Gasteiger partial charge < -0.3 is 29.6 Å². The fourth-order valence-corrected chi connectivity index (χ4v) is 3.67. The summed E-state index contributed by atoms with van der Waals surface area (Å²) in [6.45, 7) is 0. The van der Waals surface area contributed by atoms with Crippen molar-refractivity contribution in [3.05, 3.63) is 42.6 Å². The third kappa shape index (κ3) is 2.77. The first-order chi connectivity index (χ1) is 14.1. The molecule has 0 spiro atoms.